The average molecular weight is 504 g/mol. The molecule has 3 saturated carbocycles. The lowest BCUT2D eigenvalue weighted by molar-refractivity contribution is -0.201. The maximum Gasteiger partial charge on any atom is 0.420 e. The molecule has 10 heteroatoms. The summed E-state index contributed by atoms with van der Waals surface area (Å²) < 4.78 is 57.0. The van der Waals surface area contributed by atoms with Crippen molar-refractivity contribution in [1.29, 1.82) is 0 Å². The van der Waals surface area contributed by atoms with Crippen LogP contribution in [0.2, 0.25) is 0 Å². The Hall–Kier alpha value is -2.95. The highest BCUT2D eigenvalue weighted by molar-refractivity contribution is 5.85. The number of benzene rings is 2. The average Bonchev–Trinajstić information content (AvgIpc) is 3.46. The molecule has 1 unspecified atom stereocenters. The van der Waals surface area contributed by atoms with E-state index in [0.717, 1.165) is 31.1 Å². The Labute approximate surface area is 206 Å². The van der Waals surface area contributed by atoms with E-state index in [1.165, 1.54) is 18.9 Å². The molecule has 192 valence electrons. The van der Waals surface area contributed by atoms with Gasteiger partial charge in [-0.25, -0.2) is 5.12 Å². The topological polar surface area (TPSA) is 59.3 Å². The quantitative estimate of drug-likeness (QED) is 0.455. The maximum absolute atomic E-state index is 13.6. The van der Waals surface area contributed by atoms with Gasteiger partial charge in [0.15, 0.2) is 5.72 Å². The number of anilines is 1. The number of furan rings is 1. The standard InChI is InChI=1S/C26H28F3N3O4/c1-33-20-9-5-17(24(12-20)34-2)14-31-25(13-16-3-6-18(25)7-4-16)36-30-32(31)19-8-10-23-21(11-19)22(15-35-23)26(27,28)29/h5,8-12,15-16,18,30H,3-4,6-7,13-14H2,1-2H3. The molecule has 1 saturated heterocycles. The number of ether oxygens (including phenoxy) is 2. The van der Waals surface area contributed by atoms with Crippen LogP contribution >= 0.6 is 0 Å². The van der Waals surface area contributed by atoms with Crippen molar-refractivity contribution in [3.8, 4) is 11.5 Å². The molecule has 2 aromatic carbocycles. The summed E-state index contributed by atoms with van der Waals surface area (Å²) >= 11 is 0. The first-order valence-electron chi connectivity index (χ1n) is 12.1. The molecule has 2 bridgehead atoms. The zero-order chi connectivity index (χ0) is 25.1. The number of nitrogens with one attached hydrogen (secondary N) is 1. The molecule has 1 aliphatic heterocycles. The summed E-state index contributed by atoms with van der Waals surface area (Å²) in [6.45, 7) is 0.430. The largest absolute Gasteiger partial charge is 0.497 e. The monoisotopic (exact) mass is 503 g/mol. The first kappa shape index (κ1) is 23.4. The van der Waals surface area contributed by atoms with Gasteiger partial charge in [-0.2, -0.15) is 18.2 Å². The van der Waals surface area contributed by atoms with Crippen molar-refractivity contribution in [3.63, 3.8) is 0 Å². The van der Waals surface area contributed by atoms with Gasteiger partial charge in [-0.15, -0.1) is 0 Å². The lowest BCUT2D eigenvalue weighted by Gasteiger charge is -2.51. The van der Waals surface area contributed by atoms with E-state index in [0.29, 0.717) is 35.6 Å². The number of fused-ring (bicyclic) bond motifs is 3. The molecule has 1 atom stereocenters. The molecule has 1 aromatic heterocycles. The third kappa shape index (κ3) is 3.70. The number of hydrogen-bond donors (Lipinski definition) is 1. The highest BCUT2D eigenvalue weighted by atomic mass is 19.4. The molecule has 4 fully saturated rings. The van der Waals surface area contributed by atoms with Gasteiger partial charge < -0.3 is 13.9 Å². The first-order valence-corrected chi connectivity index (χ1v) is 12.1. The number of hydrogen-bond acceptors (Lipinski definition) is 7. The Morgan fingerprint density at radius 1 is 1.06 bits per heavy atom. The SMILES string of the molecule is COc1ccc(CN2N(c3ccc4occ(C(F)(F)F)c4c3)NOC23CC2CCC3CC2)c(OC)c1. The van der Waals surface area contributed by atoms with Gasteiger partial charge in [0.1, 0.15) is 28.9 Å². The van der Waals surface area contributed by atoms with E-state index < -0.39 is 17.5 Å². The van der Waals surface area contributed by atoms with Crippen molar-refractivity contribution in [1.82, 2.24) is 10.6 Å². The van der Waals surface area contributed by atoms with Gasteiger partial charge in [0.25, 0.3) is 0 Å². The number of rotatable bonds is 5. The van der Waals surface area contributed by atoms with Crippen LogP contribution in [0.25, 0.3) is 11.0 Å². The zero-order valence-electron chi connectivity index (χ0n) is 20.1. The molecule has 3 aliphatic carbocycles. The maximum atomic E-state index is 13.6. The predicted octanol–water partition coefficient (Wildman–Crippen LogP) is 6.05. The molecular weight excluding hydrogens is 475 g/mol. The van der Waals surface area contributed by atoms with E-state index in [1.54, 1.807) is 31.5 Å². The van der Waals surface area contributed by atoms with Crippen LogP contribution in [0.3, 0.4) is 0 Å². The zero-order valence-corrected chi connectivity index (χ0v) is 20.1. The van der Waals surface area contributed by atoms with Gasteiger partial charge in [-0.1, -0.05) is 11.7 Å². The highest BCUT2D eigenvalue weighted by Gasteiger charge is 2.58. The molecule has 7 nitrogen and oxygen atoms in total. The highest BCUT2D eigenvalue weighted by Crippen LogP contribution is 2.53. The van der Waals surface area contributed by atoms with Crippen LogP contribution in [-0.2, 0) is 17.6 Å². The van der Waals surface area contributed by atoms with Gasteiger partial charge in [0.2, 0.25) is 0 Å². The van der Waals surface area contributed by atoms with Crippen LogP contribution in [0.4, 0.5) is 18.9 Å². The Morgan fingerprint density at radius 3 is 2.53 bits per heavy atom. The number of methoxy groups -OCH3 is 2. The van der Waals surface area contributed by atoms with E-state index in [4.69, 9.17) is 18.7 Å². The lowest BCUT2D eigenvalue weighted by atomic mass is 9.65. The predicted molar refractivity (Wildman–Crippen MR) is 126 cm³/mol. The van der Waals surface area contributed by atoms with Gasteiger partial charge in [0.05, 0.1) is 26.5 Å². The molecule has 0 amide bonds. The van der Waals surface area contributed by atoms with Crippen LogP contribution in [0, 0.1) is 11.8 Å². The molecule has 2 heterocycles. The van der Waals surface area contributed by atoms with E-state index >= 15 is 0 Å². The minimum absolute atomic E-state index is 0.00916. The lowest BCUT2D eigenvalue weighted by Crippen LogP contribution is -2.59. The van der Waals surface area contributed by atoms with Crippen LogP contribution in [0.1, 0.15) is 43.2 Å². The van der Waals surface area contributed by atoms with Crippen LogP contribution < -0.4 is 20.2 Å². The molecular formula is C26H28F3N3O4. The van der Waals surface area contributed by atoms with Crippen molar-refractivity contribution < 1.29 is 31.9 Å². The summed E-state index contributed by atoms with van der Waals surface area (Å²) in [4.78, 5) is 6.37. The van der Waals surface area contributed by atoms with E-state index in [9.17, 15) is 13.2 Å². The van der Waals surface area contributed by atoms with Crippen LogP contribution in [0.15, 0.2) is 47.1 Å². The van der Waals surface area contributed by atoms with Crippen molar-refractivity contribution in [2.75, 3.05) is 19.3 Å². The first-order chi connectivity index (χ1) is 17.3. The molecule has 4 aliphatic rings. The summed E-state index contributed by atoms with van der Waals surface area (Å²) in [6.07, 6.45) is 1.55. The van der Waals surface area contributed by atoms with Crippen molar-refractivity contribution in [2.45, 2.75) is 50.6 Å². The Morgan fingerprint density at radius 2 is 1.86 bits per heavy atom. The minimum Gasteiger partial charge on any atom is -0.497 e. The third-order valence-electron chi connectivity index (χ3n) is 7.97. The van der Waals surface area contributed by atoms with E-state index in [2.05, 4.69) is 10.6 Å². The second-order valence-corrected chi connectivity index (χ2v) is 9.83. The second-order valence-electron chi connectivity index (χ2n) is 9.83. The fourth-order valence-corrected chi connectivity index (χ4v) is 6.14. The summed E-state index contributed by atoms with van der Waals surface area (Å²) in [5.74, 6) is 2.19. The van der Waals surface area contributed by atoms with Crippen molar-refractivity contribution >= 4 is 16.7 Å². The summed E-state index contributed by atoms with van der Waals surface area (Å²) in [7, 11) is 3.21. The molecule has 0 radical (unpaired) electrons. The van der Waals surface area contributed by atoms with Crippen molar-refractivity contribution in [3.05, 3.63) is 53.8 Å². The molecule has 3 aromatic rings. The van der Waals surface area contributed by atoms with Gasteiger partial charge in [0, 0.05) is 22.9 Å². The Bertz CT molecular complexity index is 1270. The smallest absolute Gasteiger partial charge is 0.420 e. The van der Waals surface area contributed by atoms with Crippen LogP contribution in [-0.4, -0.2) is 25.0 Å². The summed E-state index contributed by atoms with van der Waals surface area (Å²) in [5, 5.41) is 3.86. The summed E-state index contributed by atoms with van der Waals surface area (Å²) in [5.41, 5.74) is 3.27. The van der Waals surface area contributed by atoms with Crippen LogP contribution in [0.5, 0.6) is 11.5 Å². The second kappa shape index (κ2) is 8.57. The van der Waals surface area contributed by atoms with E-state index in [1.807, 2.05) is 18.2 Å². The Kier molecular flexibility index (Phi) is 5.58. The molecule has 1 N–H and O–H groups in total. The number of halogens is 3. The molecule has 7 rings (SSSR count). The normalized spacial score (nSPS) is 26.3. The van der Waals surface area contributed by atoms with Gasteiger partial charge in [-0.05, 0) is 62.3 Å². The van der Waals surface area contributed by atoms with Gasteiger partial charge >= 0.3 is 6.18 Å². The fourth-order valence-electron chi connectivity index (χ4n) is 6.14. The number of nitrogens with zero attached hydrogens (tertiary/aromatic N) is 2. The minimum atomic E-state index is -4.52. The van der Waals surface area contributed by atoms with Crippen molar-refractivity contribution in [2.24, 2.45) is 11.8 Å². The summed E-state index contributed by atoms with van der Waals surface area (Å²) in [6, 6.07) is 10.4. The van der Waals surface area contributed by atoms with E-state index in [-0.39, 0.29) is 11.0 Å². The molecule has 1 spiro atoms. The number of alkyl halides is 3. The number of hydrazine groups is 2. The Balaban J connectivity index is 1.43. The molecule has 36 heavy (non-hydrogen) atoms. The van der Waals surface area contributed by atoms with Gasteiger partial charge in [-0.3, -0.25) is 4.84 Å². The third-order valence-corrected chi connectivity index (χ3v) is 7.97. The fraction of sp³-hybridized carbons (Fsp3) is 0.462.